The zero-order chi connectivity index (χ0) is 19.3. The Kier molecular flexibility index (Phi) is 4.71. The Labute approximate surface area is 153 Å². The zero-order valence-corrected chi connectivity index (χ0v) is 15.3. The first-order valence-electron chi connectivity index (χ1n) is 7.51. The molecule has 1 atom stereocenters. The molecule has 0 aliphatic carbocycles. The fourth-order valence-corrected chi connectivity index (χ4v) is 4.09. The summed E-state index contributed by atoms with van der Waals surface area (Å²) in [6.07, 6.45) is -5.65. The van der Waals surface area contributed by atoms with E-state index in [1.807, 2.05) is 0 Å². The third-order valence-electron chi connectivity index (χ3n) is 4.17. The molecule has 0 amide bonds. The summed E-state index contributed by atoms with van der Waals surface area (Å²) in [6, 6.07) is 6.50. The highest BCUT2D eigenvalue weighted by Gasteiger charge is 2.40. The zero-order valence-electron chi connectivity index (χ0n) is 13.7. The van der Waals surface area contributed by atoms with E-state index in [4.69, 9.17) is 16.3 Å². The number of halogens is 4. The monoisotopic (exact) mass is 406 g/mol. The number of aryl methyl sites for hydroxylation is 1. The minimum absolute atomic E-state index is 0.0410. The van der Waals surface area contributed by atoms with Crippen LogP contribution in [0.25, 0.3) is 0 Å². The van der Waals surface area contributed by atoms with Crippen molar-refractivity contribution < 1.29 is 30.5 Å². The maximum atomic E-state index is 13.3. The molecule has 2 aromatic carbocycles. The largest absolute Gasteiger partial charge is 0.483 e. The lowest BCUT2D eigenvalue weighted by Gasteiger charge is -2.16. The van der Waals surface area contributed by atoms with E-state index in [2.05, 4.69) is 4.18 Å². The summed E-state index contributed by atoms with van der Waals surface area (Å²) >= 11 is 6.00. The molecule has 3 rings (SSSR count). The normalized spacial score (nSPS) is 17.1. The van der Waals surface area contributed by atoms with Crippen molar-refractivity contribution in [2.24, 2.45) is 0 Å². The third kappa shape index (κ3) is 3.28. The number of alkyl halides is 3. The van der Waals surface area contributed by atoms with E-state index in [9.17, 15) is 21.6 Å². The van der Waals surface area contributed by atoms with Crippen LogP contribution in [0.5, 0.6) is 5.75 Å². The minimum atomic E-state index is -4.57. The second kappa shape index (κ2) is 6.44. The summed E-state index contributed by atoms with van der Waals surface area (Å²) in [5, 5.41) is 0.0410. The quantitative estimate of drug-likeness (QED) is 0.694. The summed E-state index contributed by atoms with van der Waals surface area (Å²) < 4.78 is 74.4. The summed E-state index contributed by atoms with van der Waals surface area (Å²) in [4.78, 5) is -0.145. The molecule has 9 heteroatoms. The van der Waals surface area contributed by atoms with Crippen molar-refractivity contribution in [3.05, 3.63) is 57.6 Å². The molecular weight excluding hydrogens is 393 g/mol. The summed E-state index contributed by atoms with van der Waals surface area (Å²) in [7, 11) is -3.04. The lowest BCUT2D eigenvalue weighted by Crippen LogP contribution is -2.13. The van der Waals surface area contributed by atoms with Crippen LogP contribution in [0.1, 0.15) is 28.4 Å². The third-order valence-corrected chi connectivity index (χ3v) is 5.82. The molecule has 26 heavy (non-hydrogen) atoms. The predicted molar refractivity (Wildman–Crippen MR) is 88.9 cm³/mol. The fraction of sp³-hybridized carbons (Fsp3) is 0.294. The van der Waals surface area contributed by atoms with Gasteiger partial charge in [0.2, 0.25) is 0 Å². The van der Waals surface area contributed by atoms with Crippen molar-refractivity contribution in [1.82, 2.24) is 0 Å². The molecule has 0 aromatic heterocycles. The van der Waals surface area contributed by atoms with Gasteiger partial charge in [0.15, 0.2) is 0 Å². The van der Waals surface area contributed by atoms with Gasteiger partial charge < -0.3 is 4.74 Å². The summed E-state index contributed by atoms with van der Waals surface area (Å²) in [5.74, 6) is -0.0752. The van der Waals surface area contributed by atoms with Gasteiger partial charge in [-0.05, 0) is 25.1 Å². The molecule has 0 radical (unpaired) electrons. The molecular formula is C17H14ClF3O4S. The Morgan fingerprint density at radius 3 is 2.54 bits per heavy atom. The minimum Gasteiger partial charge on any atom is -0.483 e. The molecule has 1 heterocycles. The second-order valence-corrected chi connectivity index (χ2v) is 7.96. The molecule has 0 saturated carbocycles. The van der Waals surface area contributed by atoms with Crippen LogP contribution in [0.15, 0.2) is 35.2 Å². The Balaban J connectivity index is 2.12. The Bertz CT molecular complexity index is 971. The highest BCUT2D eigenvalue weighted by Crippen LogP contribution is 2.48. The number of hydrogen-bond acceptors (Lipinski definition) is 4. The predicted octanol–water partition coefficient (Wildman–Crippen LogP) is 4.68. The maximum absolute atomic E-state index is 13.3. The van der Waals surface area contributed by atoms with Crippen molar-refractivity contribution in [3.63, 3.8) is 0 Å². The van der Waals surface area contributed by atoms with E-state index in [0.29, 0.717) is 0 Å². The average Bonchev–Trinajstić information content (AvgIpc) is 2.99. The van der Waals surface area contributed by atoms with Crippen molar-refractivity contribution >= 4 is 21.7 Å². The van der Waals surface area contributed by atoms with E-state index in [1.54, 1.807) is 19.1 Å². The highest BCUT2D eigenvalue weighted by molar-refractivity contribution is 7.86. The lowest BCUT2D eigenvalue weighted by atomic mass is 9.98. The van der Waals surface area contributed by atoms with Gasteiger partial charge in [-0.3, -0.25) is 4.18 Å². The fourth-order valence-electron chi connectivity index (χ4n) is 2.97. The topological polar surface area (TPSA) is 52.6 Å². The number of fused-ring (bicyclic) bond motifs is 1. The molecule has 4 nitrogen and oxygen atoms in total. The SMILES string of the molecule is COS(=O)(=O)c1ccc(C)cc1C1Cc2c(C(F)(F)F)ccc(Cl)c2O1. The number of benzene rings is 2. The summed E-state index contributed by atoms with van der Waals surface area (Å²) in [6.45, 7) is 1.74. The molecule has 1 aliphatic rings. The molecule has 0 fully saturated rings. The van der Waals surface area contributed by atoms with E-state index in [0.717, 1.165) is 24.8 Å². The molecule has 1 aliphatic heterocycles. The van der Waals surface area contributed by atoms with Gasteiger partial charge in [0, 0.05) is 17.5 Å². The number of ether oxygens (including phenoxy) is 1. The average molecular weight is 407 g/mol. The van der Waals surface area contributed by atoms with E-state index in [1.165, 1.54) is 6.07 Å². The van der Waals surface area contributed by atoms with Crippen LogP contribution in [0.4, 0.5) is 13.2 Å². The van der Waals surface area contributed by atoms with Crippen molar-refractivity contribution in [3.8, 4) is 5.75 Å². The molecule has 1 unspecified atom stereocenters. The van der Waals surface area contributed by atoms with Gasteiger partial charge in [-0.15, -0.1) is 0 Å². The smallest absolute Gasteiger partial charge is 0.416 e. The van der Waals surface area contributed by atoms with E-state index < -0.39 is 28.0 Å². The first-order chi connectivity index (χ1) is 12.0. The van der Waals surface area contributed by atoms with Crippen LogP contribution in [-0.4, -0.2) is 15.5 Å². The molecule has 2 aromatic rings. The van der Waals surface area contributed by atoms with Gasteiger partial charge in [0.1, 0.15) is 16.7 Å². The molecule has 0 bridgehead atoms. The summed E-state index contributed by atoms with van der Waals surface area (Å²) in [5.41, 5.74) is 0.0319. The van der Waals surface area contributed by atoms with Crippen LogP contribution in [0.2, 0.25) is 5.02 Å². The standard InChI is InChI=1S/C17H14ClF3O4S/c1-9-3-6-15(26(22,23)24-2)11(7-9)14-8-10-12(17(19,20)21)4-5-13(18)16(10)25-14/h3-7,14H,8H2,1-2H3. The van der Waals surface area contributed by atoms with Gasteiger partial charge in [-0.2, -0.15) is 21.6 Å². The van der Waals surface area contributed by atoms with Crippen LogP contribution in [-0.2, 0) is 26.9 Å². The first kappa shape index (κ1) is 19.0. The van der Waals surface area contributed by atoms with E-state index >= 15 is 0 Å². The number of hydrogen-bond donors (Lipinski definition) is 0. The number of rotatable bonds is 3. The molecule has 140 valence electrons. The first-order valence-corrected chi connectivity index (χ1v) is 9.29. The molecule has 0 saturated heterocycles. The van der Waals surface area contributed by atoms with Crippen LogP contribution >= 0.6 is 11.6 Å². The molecule has 0 spiro atoms. The second-order valence-electron chi connectivity index (χ2n) is 5.87. The molecule has 0 N–H and O–H groups in total. The van der Waals surface area contributed by atoms with Crippen molar-refractivity contribution in [1.29, 1.82) is 0 Å². The maximum Gasteiger partial charge on any atom is 0.416 e. The van der Waals surface area contributed by atoms with Gasteiger partial charge in [0.25, 0.3) is 10.1 Å². The van der Waals surface area contributed by atoms with Crippen LogP contribution in [0.3, 0.4) is 0 Å². The van der Waals surface area contributed by atoms with Gasteiger partial charge in [0.05, 0.1) is 17.7 Å². The van der Waals surface area contributed by atoms with Crippen molar-refractivity contribution in [2.45, 2.75) is 30.5 Å². The van der Waals surface area contributed by atoms with Crippen LogP contribution < -0.4 is 4.74 Å². The van der Waals surface area contributed by atoms with E-state index in [-0.39, 0.29) is 33.2 Å². The Morgan fingerprint density at radius 2 is 1.92 bits per heavy atom. The van der Waals surface area contributed by atoms with Gasteiger partial charge >= 0.3 is 6.18 Å². The van der Waals surface area contributed by atoms with Crippen molar-refractivity contribution in [2.75, 3.05) is 7.11 Å². The highest BCUT2D eigenvalue weighted by atomic mass is 35.5. The van der Waals surface area contributed by atoms with Crippen LogP contribution in [0, 0.1) is 6.92 Å². The Hall–Kier alpha value is -1.77. The van der Waals surface area contributed by atoms with Gasteiger partial charge in [-0.1, -0.05) is 29.3 Å². The van der Waals surface area contributed by atoms with Gasteiger partial charge in [-0.25, -0.2) is 0 Å². The lowest BCUT2D eigenvalue weighted by molar-refractivity contribution is -0.138. The Morgan fingerprint density at radius 1 is 1.23 bits per heavy atom.